The molecule has 0 amide bonds. The molecule has 0 unspecified atom stereocenters. The van der Waals surface area contributed by atoms with Crippen molar-refractivity contribution in [3.63, 3.8) is 0 Å². The SMILES string of the molecule is CC(C)c1nc(SCC(=O)OCc2ccccc2)c2ccccc2n1. The third-order valence-corrected chi connectivity index (χ3v) is 4.64. The standard InChI is InChI=1S/C20H20N2O2S/c1-14(2)19-21-17-11-7-6-10-16(17)20(22-19)25-13-18(23)24-12-15-8-4-3-5-9-15/h3-11,14H,12-13H2,1-2H3. The van der Waals surface area contributed by atoms with E-state index in [1.54, 1.807) is 0 Å². The third-order valence-electron chi connectivity index (χ3n) is 3.67. The predicted octanol–water partition coefficient (Wildman–Crippen LogP) is 4.59. The third kappa shape index (κ3) is 4.57. The molecule has 0 saturated heterocycles. The summed E-state index contributed by atoms with van der Waals surface area (Å²) in [7, 11) is 0. The molecule has 25 heavy (non-hydrogen) atoms. The Kier molecular flexibility index (Phi) is 5.66. The molecule has 2 aromatic carbocycles. The number of esters is 1. The molecule has 128 valence electrons. The van der Waals surface area contributed by atoms with Gasteiger partial charge in [-0.2, -0.15) is 0 Å². The summed E-state index contributed by atoms with van der Waals surface area (Å²) in [4.78, 5) is 21.3. The summed E-state index contributed by atoms with van der Waals surface area (Å²) in [6.07, 6.45) is 0. The van der Waals surface area contributed by atoms with Crippen LogP contribution in [0.25, 0.3) is 10.9 Å². The van der Waals surface area contributed by atoms with Gasteiger partial charge in [0.2, 0.25) is 0 Å². The van der Waals surface area contributed by atoms with Gasteiger partial charge in [-0.15, -0.1) is 0 Å². The Hall–Kier alpha value is -2.40. The van der Waals surface area contributed by atoms with Gasteiger partial charge in [-0.3, -0.25) is 4.79 Å². The predicted molar refractivity (Wildman–Crippen MR) is 101 cm³/mol. The lowest BCUT2D eigenvalue weighted by Crippen LogP contribution is -2.08. The maximum Gasteiger partial charge on any atom is 0.316 e. The van der Waals surface area contributed by atoms with Crippen LogP contribution >= 0.6 is 11.8 Å². The van der Waals surface area contributed by atoms with Gasteiger partial charge in [0.15, 0.2) is 0 Å². The summed E-state index contributed by atoms with van der Waals surface area (Å²) in [6.45, 7) is 4.42. The molecule has 4 nitrogen and oxygen atoms in total. The molecule has 0 aliphatic rings. The molecule has 0 aliphatic carbocycles. The smallest absolute Gasteiger partial charge is 0.316 e. The Bertz CT molecular complexity index is 866. The van der Waals surface area contributed by atoms with Crippen LogP contribution in [-0.2, 0) is 16.1 Å². The van der Waals surface area contributed by atoms with Gasteiger partial charge in [0, 0.05) is 11.3 Å². The zero-order valence-electron chi connectivity index (χ0n) is 14.3. The summed E-state index contributed by atoms with van der Waals surface area (Å²) < 4.78 is 5.34. The quantitative estimate of drug-likeness (QED) is 0.369. The molecule has 0 fully saturated rings. The van der Waals surface area contributed by atoms with Gasteiger partial charge in [0.25, 0.3) is 0 Å². The molecule has 0 saturated carbocycles. The lowest BCUT2D eigenvalue weighted by atomic mass is 10.2. The first-order chi connectivity index (χ1) is 12.1. The number of ether oxygens (including phenoxy) is 1. The van der Waals surface area contributed by atoms with Crippen LogP contribution in [0.2, 0.25) is 0 Å². The Morgan fingerprint density at radius 1 is 1.04 bits per heavy atom. The van der Waals surface area contributed by atoms with Gasteiger partial charge in [-0.1, -0.05) is 74.1 Å². The molecule has 0 bridgehead atoms. The normalized spacial score (nSPS) is 11.0. The first-order valence-electron chi connectivity index (χ1n) is 8.22. The summed E-state index contributed by atoms with van der Waals surface area (Å²) in [5, 5.41) is 1.79. The fourth-order valence-corrected chi connectivity index (χ4v) is 3.16. The number of benzene rings is 2. The van der Waals surface area contributed by atoms with Crippen molar-refractivity contribution in [2.45, 2.75) is 31.4 Å². The number of aromatic nitrogens is 2. The van der Waals surface area contributed by atoms with Gasteiger partial charge in [0.05, 0.1) is 11.3 Å². The minimum atomic E-state index is -0.248. The Labute approximate surface area is 151 Å². The van der Waals surface area contributed by atoms with E-state index in [0.717, 1.165) is 27.3 Å². The summed E-state index contributed by atoms with van der Waals surface area (Å²) in [5.41, 5.74) is 1.89. The fraction of sp³-hybridized carbons (Fsp3) is 0.250. The van der Waals surface area contributed by atoms with Crippen molar-refractivity contribution < 1.29 is 9.53 Å². The largest absolute Gasteiger partial charge is 0.460 e. The van der Waals surface area contributed by atoms with E-state index in [2.05, 4.69) is 23.8 Å². The average Bonchev–Trinajstić information content (AvgIpc) is 2.65. The second-order valence-corrected chi connectivity index (χ2v) is 6.96. The van der Waals surface area contributed by atoms with E-state index in [0.29, 0.717) is 6.61 Å². The monoisotopic (exact) mass is 352 g/mol. The number of hydrogen-bond donors (Lipinski definition) is 0. The number of nitrogens with zero attached hydrogens (tertiary/aromatic N) is 2. The van der Waals surface area contributed by atoms with Crippen LogP contribution in [0.5, 0.6) is 0 Å². The number of thioether (sulfide) groups is 1. The fourth-order valence-electron chi connectivity index (χ4n) is 2.34. The Morgan fingerprint density at radius 3 is 2.52 bits per heavy atom. The zero-order valence-corrected chi connectivity index (χ0v) is 15.1. The van der Waals surface area contributed by atoms with Crippen LogP contribution in [0.4, 0.5) is 0 Å². The molecular weight excluding hydrogens is 332 g/mol. The van der Waals surface area contributed by atoms with E-state index in [9.17, 15) is 4.79 Å². The van der Waals surface area contributed by atoms with Gasteiger partial charge in [-0.05, 0) is 11.6 Å². The number of para-hydroxylation sites is 1. The van der Waals surface area contributed by atoms with Crippen LogP contribution in [0.1, 0.15) is 31.2 Å². The molecule has 0 radical (unpaired) electrons. The van der Waals surface area contributed by atoms with E-state index < -0.39 is 0 Å². The Morgan fingerprint density at radius 2 is 1.76 bits per heavy atom. The molecule has 0 aliphatic heterocycles. The van der Waals surface area contributed by atoms with Crippen molar-refractivity contribution in [1.82, 2.24) is 9.97 Å². The van der Waals surface area contributed by atoms with Crippen molar-refractivity contribution in [2.75, 3.05) is 5.75 Å². The molecular formula is C20H20N2O2S. The number of carbonyl (C=O) groups excluding carboxylic acids is 1. The highest BCUT2D eigenvalue weighted by atomic mass is 32.2. The van der Waals surface area contributed by atoms with E-state index in [1.807, 2.05) is 54.6 Å². The lowest BCUT2D eigenvalue weighted by Gasteiger charge is -2.10. The van der Waals surface area contributed by atoms with E-state index in [1.165, 1.54) is 11.8 Å². The van der Waals surface area contributed by atoms with Crippen LogP contribution in [-0.4, -0.2) is 21.7 Å². The van der Waals surface area contributed by atoms with Crippen LogP contribution in [0, 0.1) is 0 Å². The highest BCUT2D eigenvalue weighted by Crippen LogP contribution is 2.27. The van der Waals surface area contributed by atoms with Crippen molar-refractivity contribution >= 4 is 28.6 Å². The summed E-state index contributed by atoms with van der Waals surface area (Å²) in [5.74, 6) is 1.00. The minimum absolute atomic E-state index is 0.228. The highest BCUT2D eigenvalue weighted by molar-refractivity contribution is 8.00. The molecule has 1 aromatic heterocycles. The topological polar surface area (TPSA) is 52.1 Å². The lowest BCUT2D eigenvalue weighted by molar-refractivity contribution is -0.141. The molecule has 0 N–H and O–H groups in total. The maximum absolute atomic E-state index is 12.1. The van der Waals surface area contributed by atoms with E-state index in [-0.39, 0.29) is 17.6 Å². The van der Waals surface area contributed by atoms with E-state index >= 15 is 0 Å². The molecule has 0 spiro atoms. The molecule has 0 atom stereocenters. The molecule has 1 heterocycles. The van der Waals surface area contributed by atoms with Crippen LogP contribution in [0.3, 0.4) is 0 Å². The second-order valence-electron chi connectivity index (χ2n) is 5.99. The second kappa shape index (κ2) is 8.12. The van der Waals surface area contributed by atoms with Crippen LogP contribution < -0.4 is 0 Å². The number of carbonyl (C=O) groups is 1. The zero-order chi connectivity index (χ0) is 17.6. The van der Waals surface area contributed by atoms with Crippen molar-refractivity contribution in [3.8, 4) is 0 Å². The number of hydrogen-bond acceptors (Lipinski definition) is 5. The number of fused-ring (bicyclic) bond motifs is 1. The van der Waals surface area contributed by atoms with Gasteiger partial charge >= 0.3 is 5.97 Å². The molecule has 3 aromatic rings. The molecule has 5 heteroatoms. The van der Waals surface area contributed by atoms with Gasteiger partial charge < -0.3 is 4.74 Å². The Balaban J connectivity index is 1.68. The van der Waals surface area contributed by atoms with E-state index in [4.69, 9.17) is 4.74 Å². The highest BCUT2D eigenvalue weighted by Gasteiger charge is 2.13. The summed E-state index contributed by atoms with van der Waals surface area (Å²) >= 11 is 1.40. The summed E-state index contributed by atoms with van der Waals surface area (Å²) in [6, 6.07) is 17.5. The number of rotatable bonds is 6. The first-order valence-corrected chi connectivity index (χ1v) is 9.21. The van der Waals surface area contributed by atoms with Gasteiger partial charge in [0.1, 0.15) is 17.5 Å². The first kappa shape index (κ1) is 17.4. The maximum atomic E-state index is 12.1. The van der Waals surface area contributed by atoms with Crippen LogP contribution in [0.15, 0.2) is 59.6 Å². The minimum Gasteiger partial charge on any atom is -0.460 e. The van der Waals surface area contributed by atoms with Crippen molar-refractivity contribution in [1.29, 1.82) is 0 Å². The molecule has 3 rings (SSSR count). The van der Waals surface area contributed by atoms with Gasteiger partial charge in [-0.25, -0.2) is 9.97 Å². The van der Waals surface area contributed by atoms with Crippen molar-refractivity contribution in [2.24, 2.45) is 0 Å². The van der Waals surface area contributed by atoms with Crippen molar-refractivity contribution in [3.05, 3.63) is 66.0 Å². The average molecular weight is 352 g/mol.